The average Bonchev–Trinajstić information content (AvgIpc) is 3.36. The van der Waals surface area contributed by atoms with Crippen LogP contribution in [-0.4, -0.2) is 70.2 Å². The quantitative estimate of drug-likeness (QED) is 0.562. The van der Waals surface area contributed by atoms with Gasteiger partial charge in [-0.2, -0.15) is 0 Å². The SMILES string of the molecule is O=C(Nc1ccc(F)cc1)N1CCC(O)(c2csc(CN3CCN(c4ccccn4)CC3)n2)CC1. The molecule has 2 aliphatic rings. The molecule has 0 saturated carbocycles. The first kappa shape index (κ1) is 23.7. The molecule has 35 heavy (non-hydrogen) atoms. The van der Waals surface area contributed by atoms with E-state index in [1.54, 1.807) is 16.2 Å². The molecule has 5 rings (SSSR count). The average molecular weight is 497 g/mol. The highest BCUT2D eigenvalue weighted by molar-refractivity contribution is 7.09. The lowest BCUT2D eigenvalue weighted by atomic mass is 9.89. The number of thiazole rings is 1. The lowest BCUT2D eigenvalue weighted by molar-refractivity contribution is -0.0189. The predicted octanol–water partition coefficient (Wildman–Crippen LogP) is 3.51. The highest BCUT2D eigenvalue weighted by Crippen LogP contribution is 2.34. The summed E-state index contributed by atoms with van der Waals surface area (Å²) < 4.78 is 13.1. The van der Waals surface area contributed by atoms with Crippen molar-refractivity contribution in [3.8, 4) is 0 Å². The summed E-state index contributed by atoms with van der Waals surface area (Å²) in [5, 5.41) is 17.0. The molecule has 0 radical (unpaired) electrons. The van der Waals surface area contributed by atoms with Crippen molar-refractivity contribution < 1.29 is 14.3 Å². The van der Waals surface area contributed by atoms with Gasteiger partial charge < -0.3 is 20.2 Å². The molecule has 0 atom stereocenters. The molecule has 0 unspecified atom stereocenters. The number of aromatic nitrogens is 2. The minimum atomic E-state index is -1.03. The topological polar surface area (TPSA) is 84.8 Å². The summed E-state index contributed by atoms with van der Waals surface area (Å²) in [4.78, 5) is 28.1. The van der Waals surface area contributed by atoms with E-state index >= 15 is 0 Å². The minimum absolute atomic E-state index is 0.248. The molecule has 0 aliphatic carbocycles. The van der Waals surface area contributed by atoms with Gasteiger partial charge in [-0.05, 0) is 49.2 Å². The molecular formula is C25H29FN6O2S. The fraction of sp³-hybridized carbons (Fsp3) is 0.400. The number of carbonyl (C=O) groups excluding carboxylic acids is 1. The van der Waals surface area contributed by atoms with Crippen molar-refractivity contribution >= 4 is 28.9 Å². The molecule has 2 aliphatic heterocycles. The van der Waals surface area contributed by atoms with Crippen LogP contribution in [0.25, 0.3) is 0 Å². The highest BCUT2D eigenvalue weighted by atomic mass is 32.1. The van der Waals surface area contributed by atoms with Crippen LogP contribution in [0.5, 0.6) is 0 Å². The maximum absolute atomic E-state index is 13.1. The van der Waals surface area contributed by atoms with Gasteiger partial charge in [-0.3, -0.25) is 4.90 Å². The Bertz CT molecular complexity index is 1130. The third-order valence-electron chi connectivity index (χ3n) is 6.71. The molecule has 2 N–H and O–H groups in total. The van der Waals surface area contributed by atoms with Crippen LogP contribution in [0.15, 0.2) is 54.0 Å². The van der Waals surface area contributed by atoms with Crippen molar-refractivity contribution in [2.24, 2.45) is 0 Å². The van der Waals surface area contributed by atoms with Crippen LogP contribution in [0.2, 0.25) is 0 Å². The van der Waals surface area contributed by atoms with E-state index in [0.29, 0.717) is 37.3 Å². The van der Waals surface area contributed by atoms with Crippen LogP contribution in [-0.2, 0) is 12.1 Å². The normalized spacial score (nSPS) is 18.5. The van der Waals surface area contributed by atoms with Crippen LogP contribution in [0.3, 0.4) is 0 Å². The van der Waals surface area contributed by atoms with Crippen LogP contribution in [0, 0.1) is 5.82 Å². The molecule has 2 amide bonds. The second kappa shape index (κ2) is 10.3. The lowest BCUT2D eigenvalue weighted by Gasteiger charge is -2.37. The second-order valence-corrected chi connectivity index (χ2v) is 9.98. The van der Waals surface area contributed by atoms with E-state index in [-0.39, 0.29) is 11.8 Å². The molecule has 2 saturated heterocycles. The van der Waals surface area contributed by atoms with Gasteiger partial charge in [0, 0.05) is 56.5 Å². The molecule has 4 heterocycles. The summed E-state index contributed by atoms with van der Waals surface area (Å²) in [6, 6.07) is 11.4. The first-order valence-electron chi connectivity index (χ1n) is 11.9. The molecule has 10 heteroatoms. The second-order valence-electron chi connectivity index (χ2n) is 9.03. The number of aliphatic hydroxyl groups is 1. The third kappa shape index (κ3) is 5.61. The smallest absolute Gasteiger partial charge is 0.321 e. The van der Waals surface area contributed by atoms with Crippen LogP contribution < -0.4 is 10.2 Å². The zero-order chi connectivity index (χ0) is 24.3. The van der Waals surface area contributed by atoms with Crippen molar-refractivity contribution in [2.45, 2.75) is 25.0 Å². The van der Waals surface area contributed by atoms with E-state index < -0.39 is 5.60 Å². The van der Waals surface area contributed by atoms with Crippen molar-refractivity contribution in [1.29, 1.82) is 0 Å². The Balaban J connectivity index is 1.11. The molecular weight excluding hydrogens is 467 g/mol. The number of piperazine rings is 1. The largest absolute Gasteiger partial charge is 0.383 e. The monoisotopic (exact) mass is 496 g/mol. The number of anilines is 2. The maximum Gasteiger partial charge on any atom is 0.321 e. The van der Waals surface area contributed by atoms with Crippen LogP contribution in [0.1, 0.15) is 23.5 Å². The highest BCUT2D eigenvalue weighted by Gasteiger charge is 2.37. The summed E-state index contributed by atoms with van der Waals surface area (Å²) in [6.07, 6.45) is 2.68. The van der Waals surface area contributed by atoms with Crippen molar-refractivity contribution in [3.05, 3.63) is 70.6 Å². The van der Waals surface area contributed by atoms with E-state index in [4.69, 9.17) is 4.98 Å². The van der Waals surface area contributed by atoms with Gasteiger partial charge in [0.1, 0.15) is 22.2 Å². The van der Waals surface area contributed by atoms with Gasteiger partial charge in [-0.25, -0.2) is 19.2 Å². The lowest BCUT2D eigenvalue weighted by Crippen LogP contribution is -2.47. The van der Waals surface area contributed by atoms with Gasteiger partial charge >= 0.3 is 6.03 Å². The summed E-state index contributed by atoms with van der Waals surface area (Å²) in [5.74, 6) is 0.670. The van der Waals surface area contributed by atoms with Crippen molar-refractivity contribution in [2.75, 3.05) is 49.5 Å². The van der Waals surface area contributed by atoms with E-state index in [9.17, 15) is 14.3 Å². The number of carbonyl (C=O) groups is 1. The number of benzene rings is 1. The number of hydrogen-bond acceptors (Lipinski definition) is 7. The number of likely N-dealkylation sites (tertiary alicyclic amines) is 1. The molecule has 8 nitrogen and oxygen atoms in total. The van der Waals surface area contributed by atoms with E-state index in [0.717, 1.165) is 43.5 Å². The molecule has 2 aromatic heterocycles. The van der Waals surface area contributed by atoms with Gasteiger partial charge in [-0.1, -0.05) is 6.07 Å². The minimum Gasteiger partial charge on any atom is -0.383 e. The fourth-order valence-corrected chi connectivity index (χ4v) is 5.46. The number of amides is 2. The van der Waals surface area contributed by atoms with Gasteiger partial charge in [0.05, 0.1) is 12.2 Å². The van der Waals surface area contributed by atoms with Crippen LogP contribution >= 0.6 is 11.3 Å². The van der Waals surface area contributed by atoms with Gasteiger partial charge in [0.15, 0.2) is 0 Å². The first-order chi connectivity index (χ1) is 17.0. The predicted molar refractivity (Wildman–Crippen MR) is 134 cm³/mol. The zero-order valence-electron chi connectivity index (χ0n) is 19.4. The Morgan fingerprint density at radius 3 is 2.49 bits per heavy atom. The van der Waals surface area contributed by atoms with Crippen molar-refractivity contribution in [3.63, 3.8) is 0 Å². The van der Waals surface area contributed by atoms with Gasteiger partial charge in [0.25, 0.3) is 0 Å². The van der Waals surface area contributed by atoms with Crippen LogP contribution in [0.4, 0.5) is 20.7 Å². The Hall–Kier alpha value is -3.08. The van der Waals surface area contributed by atoms with Gasteiger partial charge in [0.2, 0.25) is 0 Å². The Morgan fingerprint density at radius 1 is 1.06 bits per heavy atom. The third-order valence-corrected chi connectivity index (χ3v) is 7.54. The number of pyridine rings is 1. The van der Waals surface area contributed by atoms with Crippen molar-refractivity contribution in [1.82, 2.24) is 19.8 Å². The first-order valence-corrected chi connectivity index (χ1v) is 12.7. The Morgan fingerprint density at radius 2 is 1.80 bits per heavy atom. The zero-order valence-corrected chi connectivity index (χ0v) is 20.3. The molecule has 3 aromatic rings. The summed E-state index contributed by atoms with van der Waals surface area (Å²) in [6.45, 7) is 5.34. The molecule has 1 aromatic carbocycles. The Kier molecular flexibility index (Phi) is 6.94. The number of urea groups is 1. The molecule has 2 fully saturated rings. The van der Waals surface area contributed by atoms with Gasteiger partial charge in [-0.15, -0.1) is 11.3 Å². The fourth-order valence-electron chi connectivity index (χ4n) is 4.54. The Labute approximate surface area is 208 Å². The summed E-state index contributed by atoms with van der Waals surface area (Å²) >= 11 is 1.58. The number of rotatable bonds is 5. The summed E-state index contributed by atoms with van der Waals surface area (Å²) in [7, 11) is 0. The maximum atomic E-state index is 13.1. The van der Waals surface area contributed by atoms with E-state index in [1.807, 2.05) is 29.8 Å². The molecule has 0 spiro atoms. The van der Waals surface area contributed by atoms with E-state index in [2.05, 4.69) is 20.1 Å². The number of nitrogens with one attached hydrogen (secondary N) is 1. The number of halogens is 1. The van der Waals surface area contributed by atoms with E-state index in [1.165, 1.54) is 24.3 Å². The standard InChI is InChI=1S/C25H29FN6O2S/c26-19-4-6-20(7-5-19)28-24(33)32-11-8-25(34,9-12-32)21-18-35-23(29-21)17-30-13-15-31(16-14-30)22-3-1-2-10-27-22/h1-7,10,18,34H,8-9,11-17H2,(H,28,33). The number of piperidine rings is 1. The molecule has 0 bridgehead atoms. The summed E-state index contributed by atoms with van der Waals surface area (Å²) in [5.41, 5.74) is 0.212. The number of hydrogen-bond donors (Lipinski definition) is 2. The molecule has 184 valence electrons. The number of nitrogens with zero attached hydrogens (tertiary/aromatic N) is 5.